The van der Waals surface area contributed by atoms with Crippen LogP contribution in [0.3, 0.4) is 0 Å². The first-order valence-corrected chi connectivity index (χ1v) is 6.90. The quantitative estimate of drug-likeness (QED) is 0.831. The molecule has 2 N–H and O–H groups in total. The minimum atomic E-state index is -4.13. The van der Waals surface area contributed by atoms with E-state index in [-0.39, 0.29) is 19.5 Å². The topological polar surface area (TPSA) is 87.2 Å². The highest BCUT2D eigenvalue weighted by atomic mass is 32.2. The Morgan fingerprint density at radius 1 is 1.37 bits per heavy atom. The fourth-order valence-corrected chi connectivity index (χ4v) is 3.04. The van der Waals surface area contributed by atoms with Gasteiger partial charge in [0.05, 0.1) is 11.8 Å². The second-order valence-corrected chi connectivity index (χ2v) is 5.62. The largest absolute Gasteiger partial charge is 0.396 e. The average molecular weight is 289 g/mol. The summed E-state index contributed by atoms with van der Waals surface area (Å²) in [4.78, 5) is -0.689. The highest BCUT2D eigenvalue weighted by Crippen LogP contribution is 2.24. The Morgan fingerprint density at radius 3 is 2.53 bits per heavy atom. The van der Waals surface area contributed by atoms with E-state index in [1.807, 2.05) is 0 Å². The summed E-state index contributed by atoms with van der Waals surface area (Å²) in [5.41, 5.74) is 4.80. The minimum Gasteiger partial charge on any atom is -0.396 e. The first kappa shape index (κ1) is 15.3. The standard InChI is InChI=1S/C11H13F2N3O2S/c1-2-16(5-3-4-14)19(17,18)11-7-10(15)8(12)6-9(11)13/h6-7H,2-3,5,15H2,1H3. The molecule has 0 fully saturated rings. The maximum atomic E-state index is 13.6. The third-order valence-corrected chi connectivity index (χ3v) is 4.48. The zero-order chi connectivity index (χ0) is 14.6. The fraction of sp³-hybridized carbons (Fsp3) is 0.364. The van der Waals surface area contributed by atoms with E-state index in [4.69, 9.17) is 11.0 Å². The van der Waals surface area contributed by atoms with Crippen LogP contribution in [0.1, 0.15) is 13.3 Å². The van der Waals surface area contributed by atoms with Gasteiger partial charge in [0.2, 0.25) is 10.0 Å². The maximum Gasteiger partial charge on any atom is 0.246 e. The molecule has 0 spiro atoms. The molecule has 1 aromatic rings. The molecule has 0 aliphatic carbocycles. The summed E-state index contributed by atoms with van der Waals surface area (Å²) >= 11 is 0. The van der Waals surface area contributed by atoms with Crippen molar-refractivity contribution < 1.29 is 17.2 Å². The predicted octanol–water partition coefficient (Wildman–Crippen LogP) is 1.47. The molecule has 0 saturated carbocycles. The highest BCUT2D eigenvalue weighted by Gasteiger charge is 2.27. The average Bonchev–Trinajstić information content (AvgIpc) is 2.34. The Morgan fingerprint density at radius 2 is 2.00 bits per heavy atom. The van der Waals surface area contributed by atoms with Crippen molar-refractivity contribution in [3.63, 3.8) is 0 Å². The molecule has 0 atom stereocenters. The molecule has 1 aromatic carbocycles. The number of nitrogens with two attached hydrogens (primary N) is 1. The van der Waals surface area contributed by atoms with E-state index < -0.39 is 32.2 Å². The molecular formula is C11H13F2N3O2S. The molecule has 104 valence electrons. The van der Waals surface area contributed by atoms with Gasteiger partial charge in [0.15, 0.2) is 0 Å². The van der Waals surface area contributed by atoms with Crippen molar-refractivity contribution in [2.75, 3.05) is 18.8 Å². The number of nitrogens with zero attached hydrogens (tertiary/aromatic N) is 2. The Bertz CT molecular complexity index is 611. The van der Waals surface area contributed by atoms with E-state index in [0.29, 0.717) is 6.07 Å². The molecule has 0 unspecified atom stereocenters. The number of rotatable bonds is 5. The van der Waals surface area contributed by atoms with Crippen LogP contribution in [0.2, 0.25) is 0 Å². The number of benzene rings is 1. The summed E-state index contributed by atoms with van der Waals surface area (Å²) in [7, 11) is -4.13. The first-order valence-electron chi connectivity index (χ1n) is 5.46. The molecule has 0 bridgehead atoms. The Kier molecular flexibility index (Phi) is 4.80. The SMILES string of the molecule is CCN(CCC#N)S(=O)(=O)c1cc(N)c(F)cc1F. The Labute approximate surface area is 110 Å². The molecule has 1 rings (SSSR count). The van der Waals surface area contributed by atoms with Gasteiger partial charge < -0.3 is 5.73 Å². The van der Waals surface area contributed by atoms with Crippen molar-refractivity contribution in [2.45, 2.75) is 18.2 Å². The van der Waals surface area contributed by atoms with Gasteiger partial charge in [-0.3, -0.25) is 0 Å². The summed E-state index contributed by atoms with van der Waals surface area (Å²) in [6.07, 6.45) is -0.0225. The Balaban J connectivity index is 3.26. The molecule has 0 aliphatic heterocycles. The number of sulfonamides is 1. The summed E-state index contributed by atoms with van der Waals surface area (Å²) in [5, 5.41) is 8.47. The van der Waals surface area contributed by atoms with Gasteiger partial charge in [0.25, 0.3) is 0 Å². The lowest BCUT2D eigenvalue weighted by Crippen LogP contribution is -2.32. The number of halogens is 2. The van der Waals surface area contributed by atoms with Crippen LogP contribution in [0.25, 0.3) is 0 Å². The van der Waals surface area contributed by atoms with Gasteiger partial charge in [-0.25, -0.2) is 17.2 Å². The van der Waals surface area contributed by atoms with Crippen LogP contribution in [0.4, 0.5) is 14.5 Å². The van der Waals surface area contributed by atoms with Gasteiger partial charge >= 0.3 is 0 Å². The zero-order valence-corrected chi connectivity index (χ0v) is 11.0. The van der Waals surface area contributed by atoms with Crippen LogP contribution in [-0.4, -0.2) is 25.8 Å². The van der Waals surface area contributed by atoms with Gasteiger partial charge in [-0.2, -0.15) is 9.57 Å². The van der Waals surface area contributed by atoms with Crippen LogP contribution in [-0.2, 0) is 10.0 Å². The minimum absolute atomic E-state index is 0.0225. The summed E-state index contributed by atoms with van der Waals surface area (Å²) < 4.78 is 51.8. The van der Waals surface area contributed by atoms with Crippen molar-refractivity contribution in [1.29, 1.82) is 5.26 Å². The van der Waals surface area contributed by atoms with Gasteiger partial charge in [-0.15, -0.1) is 0 Å². The zero-order valence-electron chi connectivity index (χ0n) is 10.2. The monoisotopic (exact) mass is 289 g/mol. The highest BCUT2D eigenvalue weighted by molar-refractivity contribution is 7.89. The van der Waals surface area contributed by atoms with Crippen LogP contribution >= 0.6 is 0 Å². The van der Waals surface area contributed by atoms with Gasteiger partial charge in [-0.1, -0.05) is 6.92 Å². The molecule has 8 heteroatoms. The molecule has 0 amide bonds. The van der Waals surface area contributed by atoms with E-state index in [2.05, 4.69) is 0 Å². The van der Waals surface area contributed by atoms with Gasteiger partial charge in [0.1, 0.15) is 16.5 Å². The molecular weight excluding hydrogens is 276 g/mol. The van der Waals surface area contributed by atoms with Crippen LogP contribution in [0.5, 0.6) is 0 Å². The molecule has 0 radical (unpaired) electrons. The van der Waals surface area contributed by atoms with Crippen molar-refractivity contribution >= 4 is 15.7 Å². The summed E-state index contributed by atoms with van der Waals surface area (Å²) in [5.74, 6) is -2.22. The van der Waals surface area contributed by atoms with E-state index in [1.165, 1.54) is 0 Å². The van der Waals surface area contributed by atoms with Crippen molar-refractivity contribution in [1.82, 2.24) is 4.31 Å². The molecule has 0 saturated heterocycles. The fourth-order valence-electron chi connectivity index (χ4n) is 1.50. The maximum absolute atomic E-state index is 13.6. The van der Waals surface area contributed by atoms with Crippen LogP contribution in [0.15, 0.2) is 17.0 Å². The summed E-state index contributed by atoms with van der Waals surface area (Å²) in [6.45, 7) is 1.56. The number of nitriles is 1. The third-order valence-electron chi connectivity index (χ3n) is 2.49. The Hall–Kier alpha value is -1.72. The van der Waals surface area contributed by atoms with Gasteiger partial charge in [0, 0.05) is 25.6 Å². The second kappa shape index (κ2) is 5.95. The lowest BCUT2D eigenvalue weighted by atomic mass is 10.3. The molecule has 19 heavy (non-hydrogen) atoms. The van der Waals surface area contributed by atoms with Gasteiger partial charge in [-0.05, 0) is 6.07 Å². The number of nitrogen functional groups attached to an aromatic ring is 1. The van der Waals surface area contributed by atoms with E-state index >= 15 is 0 Å². The number of hydrogen-bond donors (Lipinski definition) is 1. The van der Waals surface area contributed by atoms with Crippen molar-refractivity contribution in [3.05, 3.63) is 23.8 Å². The third kappa shape index (κ3) is 3.19. The molecule has 0 heterocycles. The van der Waals surface area contributed by atoms with Crippen LogP contribution < -0.4 is 5.73 Å². The van der Waals surface area contributed by atoms with E-state index in [0.717, 1.165) is 10.4 Å². The van der Waals surface area contributed by atoms with Crippen LogP contribution in [0, 0.1) is 23.0 Å². The smallest absolute Gasteiger partial charge is 0.246 e. The van der Waals surface area contributed by atoms with E-state index in [1.54, 1.807) is 13.0 Å². The molecule has 5 nitrogen and oxygen atoms in total. The predicted molar refractivity (Wildman–Crippen MR) is 65.4 cm³/mol. The molecule has 0 aliphatic rings. The lowest BCUT2D eigenvalue weighted by Gasteiger charge is -2.19. The van der Waals surface area contributed by atoms with E-state index in [9.17, 15) is 17.2 Å². The second-order valence-electron chi connectivity index (χ2n) is 3.71. The number of anilines is 1. The lowest BCUT2D eigenvalue weighted by molar-refractivity contribution is 0.430. The normalized spacial score (nSPS) is 11.5. The number of hydrogen-bond acceptors (Lipinski definition) is 4. The summed E-state index contributed by atoms with van der Waals surface area (Å²) in [6, 6.07) is 2.98. The van der Waals surface area contributed by atoms with Crippen molar-refractivity contribution in [3.8, 4) is 6.07 Å². The van der Waals surface area contributed by atoms with Crippen molar-refractivity contribution in [2.24, 2.45) is 0 Å². The molecule has 0 aromatic heterocycles. The first-order chi connectivity index (χ1) is 8.84.